The van der Waals surface area contributed by atoms with E-state index < -0.39 is 31.4 Å². The Morgan fingerprint density at radius 1 is 0.659 bits per heavy atom. The van der Waals surface area contributed by atoms with Gasteiger partial charge in [0.25, 0.3) is 10.0 Å². The highest BCUT2D eigenvalue weighted by atomic mass is 32.2. The zero-order valence-electron chi connectivity index (χ0n) is 56.7. The molecule has 0 radical (unpaired) electrons. The predicted octanol–water partition coefficient (Wildman–Crippen LogP) is 11.0. The van der Waals surface area contributed by atoms with Gasteiger partial charge in [-0.25, -0.2) is 21.6 Å². The molecule has 1 aromatic carbocycles. The summed E-state index contributed by atoms with van der Waals surface area (Å²) in [5, 5.41) is 29.0. The average Bonchev–Trinajstić information content (AvgIpc) is 3.82. The molecule has 22 heteroatoms. The summed E-state index contributed by atoms with van der Waals surface area (Å²) in [4.78, 5) is 81.2. The minimum atomic E-state index is -3.60. The van der Waals surface area contributed by atoms with Crippen molar-refractivity contribution in [2.45, 2.75) is 227 Å². The Kier molecular flexibility index (Phi) is 107. The lowest BCUT2D eigenvalue weighted by atomic mass is 10.2. The monoisotopic (exact) mass is 1240 g/mol. The van der Waals surface area contributed by atoms with Crippen LogP contribution in [0.3, 0.4) is 0 Å². The molecule has 0 aliphatic heterocycles. The van der Waals surface area contributed by atoms with Gasteiger partial charge in [0.1, 0.15) is 43.0 Å². The maximum atomic E-state index is 11.2. The molecule has 0 spiro atoms. The Bertz CT molecular complexity index is 1910. The van der Waals surface area contributed by atoms with E-state index in [0.29, 0.717) is 13.0 Å². The highest BCUT2D eigenvalue weighted by Crippen LogP contribution is 2.14. The molecular formula is C60H121N3O16S3. The summed E-state index contributed by atoms with van der Waals surface area (Å²) >= 11 is 1.07. The van der Waals surface area contributed by atoms with Gasteiger partial charge in [0.15, 0.2) is 5.78 Å². The molecule has 490 valence electrons. The van der Waals surface area contributed by atoms with Crippen LogP contribution in [-0.4, -0.2) is 148 Å². The second-order valence-electron chi connectivity index (χ2n) is 19.0. The Balaban J connectivity index is -0.0000000578. The molecule has 1 aromatic heterocycles. The van der Waals surface area contributed by atoms with Gasteiger partial charge in [-0.2, -0.15) is 0 Å². The number of amides is 2. The number of Topliss-reactive ketones (excluding diaryl/α,β-unsaturated/α-hetero) is 5. The molecule has 2 amide bonds. The van der Waals surface area contributed by atoms with Crippen LogP contribution in [-0.2, 0) is 69.5 Å². The maximum Gasteiger partial charge on any atom is 0.273 e. The van der Waals surface area contributed by atoms with Crippen molar-refractivity contribution < 1.29 is 75.2 Å². The van der Waals surface area contributed by atoms with Crippen molar-refractivity contribution in [2.24, 2.45) is 0 Å². The van der Waals surface area contributed by atoms with Crippen molar-refractivity contribution in [2.75, 3.05) is 46.9 Å². The van der Waals surface area contributed by atoms with E-state index in [0.717, 1.165) is 62.3 Å². The van der Waals surface area contributed by atoms with Crippen molar-refractivity contribution in [3.05, 3.63) is 65.6 Å². The summed E-state index contributed by atoms with van der Waals surface area (Å²) in [6.07, 6.45) is 8.87. The first-order chi connectivity index (χ1) is 36.9. The van der Waals surface area contributed by atoms with Gasteiger partial charge in [-0.15, -0.1) is 11.3 Å². The third-order valence-corrected chi connectivity index (χ3v) is 7.68. The Morgan fingerprint density at radius 3 is 1.09 bits per heavy atom. The fourth-order valence-electron chi connectivity index (χ4n) is 2.07. The molecule has 0 atom stereocenters. The second-order valence-corrected chi connectivity index (χ2v) is 24.2. The Morgan fingerprint density at radius 2 is 0.951 bits per heavy atom. The molecular weight excluding hydrogens is 1110 g/mol. The van der Waals surface area contributed by atoms with Gasteiger partial charge >= 0.3 is 0 Å². The molecule has 2 aromatic rings. The standard InChI is InChI=1S/C9H11NO.C6H7NO3S2.C5H10O.C5H8O.C4H11N.C4H10O.C4H8O.3C3H8O.3C3H6O.C3H8.C2H6O2S/c1-8(11)10-7-9-5-3-2-4-6-9;1-5(8)7-12(9,10)6-3-2-4-11-6;2*1-3-4-5(2)6;1-4-5(2)3;1-4(2,3)5;1-3-4(2)5;1-3-4-2;5*1-3(2)4;1-3-2;1-5(2,3)4/h2-6H,7H2,1H3,(H,10,11);2-4H,1H3,(H,7,8);3-4H2,1-2H3;3-4H,1-2H3;4H2,1-3H3;5H,1-3H3;3H2,1-2H3;3H2,1-2H3;2*3-4H,1-2H3;3*1-2H3;3H2,1-2H3;1-2H3/b;;;4-3+;;;;;;;;;;;. The van der Waals surface area contributed by atoms with E-state index in [2.05, 4.69) is 49.8 Å². The number of hydrogen-bond donors (Lipinski definition) is 5. The van der Waals surface area contributed by atoms with Crippen LogP contribution < -0.4 is 10.0 Å². The summed E-state index contributed by atoms with van der Waals surface area (Å²) in [6.45, 7) is 45.3. The van der Waals surface area contributed by atoms with Gasteiger partial charge in [-0.3, -0.25) is 14.4 Å². The molecule has 82 heavy (non-hydrogen) atoms. The molecule has 0 fully saturated rings. The number of ether oxygens (including phenoxy) is 1. The quantitative estimate of drug-likeness (QED) is 0.138. The minimum Gasteiger partial charge on any atom is -0.394 e. The second kappa shape index (κ2) is 80.5. The van der Waals surface area contributed by atoms with E-state index >= 15 is 0 Å². The Labute approximate surface area is 505 Å². The number of rotatable bonds is 10. The average molecular weight is 1240 g/mol. The first-order valence-electron chi connectivity index (χ1n) is 26.6. The Hall–Kier alpha value is -4.68. The normalized spacial score (nSPS) is 9.07. The van der Waals surface area contributed by atoms with E-state index in [9.17, 15) is 55.2 Å². The smallest absolute Gasteiger partial charge is 0.273 e. The van der Waals surface area contributed by atoms with Crippen LogP contribution in [0.25, 0.3) is 0 Å². The number of sulfonamides is 1. The topological polar surface area (TPSA) is 302 Å². The van der Waals surface area contributed by atoms with Crippen LogP contribution in [0.5, 0.6) is 0 Å². The summed E-state index contributed by atoms with van der Waals surface area (Å²) in [5.41, 5.74) is 0.628. The van der Waals surface area contributed by atoms with E-state index in [-0.39, 0.29) is 57.0 Å². The predicted molar refractivity (Wildman–Crippen MR) is 346 cm³/mol. The number of nitrogens with zero attached hydrogens (tertiary/aromatic N) is 1. The number of aliphatic hydroxyl groups is 3. The molecule has 5 N–H and O–H groups in total. The number of sulfone groups is 1. The number of allylic oxidation sites excluding steroid dienone is 2. The SMILES string of the molecule is C/C=C/C(C)=O.CC(=O)NCc1ccccc1.CC(=O)NS(=O)(=O)c1cccs1.CC(C)(C)O.CC(C)=O.CC(C)=O.CC(C)=O.CC(C)O.CC(C)O.CCC.CCC(C)=O.CCCC(C)=O.CCN(C)C.CCOC.CS(C)(=O)=O. The zero-order valence-corrected chi connectivity index (χ0v) is 59.1. The molecule has 0 aliphatic carbocycles. The van der Waals surface area contributed by atoms with E-state index in [1.54, 1.807) is 86.9 Å². The largest absolute Gasteiger partial charge is 0.394 e. The van der Waals surface area contributed by atoms with Gasteiger partial charge in [-0.1, -0.05) is 83.5 Å². The third-order valence-electron chi connectivity index (χ3n) is 4.84. The number of methoxy groups -OCH3 is 1. The number of aliphatic hydroxyl groups excluding tert-OH is 2. The fraction of sp³-hybridized carbons (Fsp3) is 0.667. The number of carbonyl (C=O) groups is 8. The van der Waals surface area contributed by atoms with Crippen molar-refractivity contribution in [1.29, 1.82) is 0 Å². The van der Waals surface area contributed by atoms with Gasteiger partial charge in [0, 0.05) is 71.7 Å². The van der Waals surface area contributed by atoms with E-state index in [4.69, 9.17) is 15.3 Å². The lowest BCUT2D eigenvalue weighted by Crippen LogP contribution is -2.27. The van der Waals surface area contributed by atoms with Crippen LogP contribution in [0.2, 0.25) is 0 Å². The van der Waals surface area contributed by atoms with Gasteiger partial charge in [0.05, 0.1) is 5.60 Å². The zero-order chi connectivity index (χ0) is 68.9. The summed E-state index contributed by atoms with van der Waals surface area (Å²) in [5.74, 6) is 0.581. The first kappa shape index (κ1) is 109. The summed E-state index contributed by atoms with van der Waals surface area (Å²) in [6, 6.07) is 12.9. The highest BCUT2D eigenvalue weighted by molar-refractivity contribution is 7.92. The maximum absolute atomic E-state index is 11.2. The fourth-order valence-corrected chi connectivity index (χ4v) is 4.05. The van der Waals surface area contributed by atoms with Gasteiger partial charge in [-0.05, 0) is 175 Å². The van der Waals surface area contributed by atoms with Crippen LogP contribution in [0.4, 0.5) is 0 Å². The van der Waals surface area contributed by atoms with E-state index in [1.807, 2.05) is 62.7 Å². The molecule has 0 bridgehead atoms. The minimum absolute atomic E-state index is 0.00820. The molecule has 0 unspecified atom stereocenters. The van der Waals surface area contributed by atoms with Crippen LogP contribution in [0, 0.1) is 0 Å². The number of ketones is 6. The number of thiophene rings is 1. The molecule has 19 nitrogen and oxygen atoms in total. The van der Waals surface area contributed by atoms with E-state index in [1.165, 1.54) is 74.0 Å². The molecule has 0 saturated heterocycles. The van der Waals surface area contributed by atoms with Crippen molar-refractivity contribution >= 4 is 77.7 Å². The summed E-state index contributed by atoms with van der Waals surface area (Å²) < 4.78 is 48.2. The van der Waals surface area contributed by atoms with Crippen LogP contribution >= 0.6 is 11.3 Å². The van der Waals surface area contributed by atoms with Crippen LogP contribution in [0.15, 0.2) is 64.2 Å². The summed E-state index contributed by atoms with van der Waals surface area (Å²) in [7, 11) is -0.472. The van der Waals surface area contributed by atoms with Gasteiger partial charge < -0.3 is 54.2 Å². The molecule has 2 rings (SSSR count). The van der Waals surface area contributed by atoms with Crippen molar-refractivity contribution in [3.8, 4) is 0 Å². The number of nitrogens with one attached hydrogen (secondary N) is 2. The van der Waals surface area contributed by atoms with Crippen molar-refractivity contribution in [1.82, 2.24) is 14.9 Å². The highest BCUT2D eigenvalue weighted by Gasteiger charge is 2.15. The first-order valence-corrected chi connectivity index (χ1v) is 31.3. The van der Waals surface area contributed by atoms with Crippen molar-refractivity contribution in [3.63, 3.8) is 0 Å². The molecule has 0 aliphatic rings. The number of carbonyl (C=O) groups excluding carboxylic acids is 8. The number of benzene rings is 1. The third kappa shape index (κ3) is 299. The van der Waals surface area contributed by atoms with Crippen LogP contribution in [0.1, 0.15) is 204 Å². The lowest BCUT2D eigenvalue weighted by Gasteiger charge is -2.04. The molecule has 1 heterocycles. The molecule has 0 saturated carbocycles. The lowest BCUT2D eigenvalue weighted by molar-refractivity contribution is -0.119. The van der Waals surface area contributed by atoms with Gasteiger partial charge in [0.2, 0.25) is 11.8 Å². The number of hydrogen-bond acceptors (Lipinski definition) is 18.